The minimum Gasteiger partial charge on any atom is -0.396 e. The number of ether oxygens (including phenoxy) is 1. The zero-order chi connectivity index (χ0) is 12.1. The summed E-state index contributed by atoms with van der Waals surface area (Å²) in [6.45, 7) is 7.59. The molecular weight excluding hydrogens is 214 g/mol. The highest BCUT2D eigenvalue weighted by Crippen LogP contribution is 2.31. The van der Waals surface area contributed by atoms with E-state index in [1.165, 1.54) is 38.8 Å². The van der Waals surface area contributed by atoms with Crippen LogP contribution in [0.2, 0.25) is 0 Å². The molecule has 1 unspecified atom stereocenters. The van der Waals surface area contributed by atoms with E-state index < -0.39 is 0 Å². The van der Waals surface area contributed by atoms with Crippen LogP contribution in [0.15, 0.2) is 0 Å². The lowest BCUT2D eigenvalue weighted by atomic mass is 9.85. The van der Waals surface area contributed by atoms with Gasteiger partial charge >= 0.3 is 0 Å². The van der Waals surface area contributed by atoms with Crippen molar-refractivity contribution < 1.29 is 9.84 Å². The molecule has 100 valence electrons. The van der Waals surface area contributed by atoms with Gasteiger partial charge in [0.05, 0.1) is 13.2 Å². The topological polar surface area (TPSA) is 32.7 Å². The SMILES string of the molecule is CCCC1CCN(CC2(CO)CCOC2)CC1. The molecule has 2 rings (SSSR count). The molecule has 2 aliphatic heterocycles. The van der Waals surface area contributed by atoms with Gasteiger partial charge < -0.3 is 14.7 Å². The van der Waals surface area contributed by atoms with Crippen LogP contribution in [0.25, 0.3) is 0 Å². The molecule has 0 spiro atoms. The summed E-state index contributed by atoms with van der Waals surface area (Å²) >= 11 is 0. The monoisotopic (exact) mass is 241 g/mol. The Bertz CT molecular complexity index is 218. The molecule has 0 aliphatic carbocycles. The molecule has 2 fully saturated rings. The lowest BCUT2D eigenvalue weighted by Crippen LogP contribution is -2.44. The predicted molar refractivity (Wildman–Crippen MR) is 69.0 cm³/mol. The molecule has 1 N–H and O–H groups in total. The van der Waals surface area contributed by atoms with Crippen LogP contribution in [0.3, 0.4) is 0 Å². The first kappa shape index (κ1) is 13.3. The van der Waals surface area contributed by atoms with Crippen molar-refractivity contribution in [3.63, 3.8) is 0 Å². The summed E-state index contributed by atoms with van der Waals surface area (Å²) in [6, 6.07) is 0. The molecule has 0 saturated carbocycles. The third-order valence-electron chi connectivity index (χ3n) is 4.48. The Morgan fingerprint density at radius 3 is 2.65 bits per heavy atom. The summed E-state index contributed by atoms with van der Waals surface area (Å²) in [5.41, 5.74) is 0.0393. The van der Waals surface area contributed by atoms with E-state index in [0.717, 1.165) is 32.1 Å². The lowest BCUT2D eigenvalue weighted by Gasteiger charge is -2.37. The van der Waals surface area contributed by atoms with Gasteiger partial charge in [0, 0.05) is 18.6 Å². The van der Waals surface area contributed by atoms with Gasteiger partial charge in [-0.05, 0) is 38.3 Å². The van der Waals surface area contributed by atoms with Crippen molar-refractivity contribution in [2.45, 2.75) is 39.0 Å². The summed E-state index contributed by atoms with van der Waals surface area (Å²) in [4.78, 5) is 2.54. The van der Waals surface area contributed by atoms with Gasteiger partial charge in [0.15, 0.2) is 0 Å². The van der Waals surface area contributed by atoms with Gasteiger partial charge in [-0.25, -0.2) is 0 Å². The number of hydrogen-bond acceptors (Lipinski definition) is 3. The molecule has 2 heterocycles. The fraction of sp³-hybridized carbons (Fsp3) is 1.00. The Hall–Kier alpha value is -0.120. The average molecular weight is 241 g/mol. The summed E-state index contributed by atoms with van der Waals surface area (Å²) in [5, 5.41) is 9.58. The van der Waals surface area contributed by atoms with E-state index in [0.29, 0.717) is 0 Å². The van der Waals surface area contributed by atoms with Crippen LogP contribution in [0.5, 0.6) is 0 Å². The average Bonchev–Trinajstić information content (AvgIpc) is 2.81. The smallest absolute Gasteiger partial charge is 0.0557 e. The summed E-state index contributed by atoms with van der Waals surface area (Å²) in [7, 11) is 0. The Morgan fingerprint density at radius 2 is 2.12 bits per heavy atom. The third-order valence-corrected chi connectivity index (χ3v) is 4.48. The molecule has 3 nitrogen and oxygen atoms in total. The van der Waals surface area contributed by atoms with E-state index in [1.807, 2.05) is 0 Å². The van der Waals surface area contributed by atoms with E-state index in [-0.39, 0.29) is 12.0 Å². The zero-order valence-electron chi connectivity index (χ0n) is 11.2. The van der Waals surface area contributed by atoms with Gasteiger partial charge in [-0.1, -0.05) is 19.8 Å². The molecule has 0 aromatic carbocycles. The van der Waals surface area contributed by atoms with Gasteiger partial charge in [0.1, 0.15) is 0 Å². The minimum absolute atomic E-state index is 0.0393. The Labute approximate surface area is 105 Å². The van der Waals surface area contributed by atoms with Crippen molar-refractivity contribution in [3.8, 4) is 0 Å². The Kier molecular flexibility index (Phi) is 4.83. The van der Waals surface area contributed by atoms with E-state index in [2.05, 4.69) is 11.8 Å². The number of likely N-dealkylation sites (tertiary alicyclic amines) is 1. The van der Waals surface area contributed by atoms with Crippen LogP contribution < -0.4 is 0 Å². The number of hydrogen-bond donors (Lipinski definition) is 1. The summed E-state index contributed by atoms with van der Waals surface area (Å²) in [6.07, 6.45) is 6.42. The molecule has 0 bridgehead atoms. The van der Waals surface area contributed by atoms with Crippen LogP contribution in [0.4, 0.5) is 0 Å². The second kappa shape index (κ2) is 6.17. The van der Waals surface area contributed by atoms with Gasteiger partial charge in [0.2, 0.25) is 0 Å². The normalized spacial score (nSPS) is 32.1. The van der Waals surface area contributed by atoms with Crippen molar-refractivity contribution in [3.05, 3.63) is 0 Å². The maximum Gasteiger partial charge on any atom is 0.0557 e. The van der Waals surface area contributed by atoms with Crippen LogP contribution >= 0.6 is 0 Å². The Balaban J connectivity index is 1.77. The van der Waals surface area contributed by atoms with E-state index in [9.17, 15) is 5.11 Å². The summed E-state index contributed by atoms with van der Waals surface area (Å²) < 4.78 is 5.47. The fourth-order valence-electron chi connectivity index (χ4n) is 3.26. The second-order valence-electron chi connectivity index (χ2n) is 5.97. The van der Waals surface area contributed by atoms with Crippen molar-refractivity contribution in [1.82, 2.24) is 4.90 Å². The van der Waals surface area contributed by atoms with Crippen molar-refractivity contribution in [1.29, 1.82) is 0 Å². The summed E-state index contributed by atoms with van der Waals surface area (Å²) in [5.74, 6) is 0.946. The van der Waals surface area contributed by atoms with Crippen LogP contribution in [-0.2, 0) is 4.74 Å². The van der Waals surface area contributed by atoms with Crippen molar-refractivity contribution >= 4 is 0 Å². The van der Waals surface area contributed by atoms with E-state index in [4.69, 9.17) is 4.74 Å². The quantitative estimate of drug-likeness (QED) is 0.798. The van der Waals surface area contributed by atoms with Crippen LogP contribution in [-0.4, -0.2) is 49.5 Å². The first-order valence-corrected chi connectivity index (χ1v) is 7.19. The molecule has 0 amide bonds. The van der Waals surface area contributed by atoms with Gasteiger partial charge in [0.25, 0.3) is 0 Å². The lowest BCUT2D eigenvalue weighted by molar-refractivity contribution is 0.0437. The highest BCUT2D eigenvalue weighted by atomic mass is 16.5. The van der Waals surface area contributed by atoms with Gasteiger partial charge in [-0.2, -0.15) is 0 Å². The molecule has 17 heavy (non-hydrogen) atoms. The van der Waals surface area contributed by atoms with E-state index in [1.54, 1.807) is 0 Å². The number of nitrogens with zero attached hydrogens (tertiary/aromatic N) is 1. The van der Waals surface area contributed by atoms with Crippen molar-refractivity contribution in [2.75, 3.05) is 39.5 Å². The number of aliphatic hydroxyl groups is 1. The van der Waals surface area contributed by atoms with E-state index >= 15 is 0 Å². The standard InChI is InChI=1S/C14H27NO2/c1-2-3-13-4-7-15(8-5-13)10-14(11-16)6-9-17-12-14/h13,16H,2-12H2,1H3. The maximum atomic E-state index is 9.58. The molecule has 0 aromatic heterocycles. The number of piperidine rings is 1. The fourth-order valence-corrected chi connectivity index (χ4v) is 3.26. The second-order valence-corrected chi connectivity index (χ2v) is 5.97. The molecule has 1 atom stereocenters. The zero-order valence-corrected chi connectivity index (χ0v) is 11.2. The highest BCUT2D eigenvalue weighted by Gasteiger charge is 2.36. The minimum atomic E-state index is 0.0393. The van der Waals surface area contributed by atoms with Crippen LogP contribution in [0, 0.1) is 11.3 Å². The van der Waals surface area contributed by atoms with Gasteiger partial charge in [-0.15, -0.1) is 0 Å². The first-order valence-electron chi connectivity index (χ1n) is 7.19. The largest absolute Gasteiger partial charge is 0.396 e. The number of aliphatic hydroxyl groups excluding tert-OH is 1. The predicted octanol–water partition coefficient (Wildman–Crippen LogP) is 1.90. The molecule has 2 aliphatic rings. The van der Waals surface area contributed by atoms with Crippen LogP contribution in [0.1, 0.15) is 39.0 Å². The highest BCUT2D eigenvalue weighted by molar-refractivity contribution is 4.87. The molecule has 0 aromatic rings. The van der Waals surface area contributed by atoms with Gasteiger partial charge in [-0.3, -0.25) is 0 Å². The Morgan fingerprint density at radius 1 is 1.35 bits per heavy atom. The maximum absolute atomic E-state index is 9.58. The molecule has 3 heteroatoms. The molecule has 2 saturated heterocycles. The molecular formula is C14H27NO2. The van der Waals surface area contributed by atoms with Crippen molar-refractivity contribution in [2.24, 2.45) is 11.3 Å². The molecule has 0 radical (unpaired) electrons. The number of rotatable bonds is 5. The third kappa shape index (κ3) is 3.43. The first-order chi connectivity index (χ1) is 8.28.